The van der Waals surface area contributed by atoms with Crippen molar-refractivity contribution in [3.63, 3.8) is 0 Å². The molecule has 19 heavy (non-hydrogen) atoms. The maximum atomic E-state index is 11.0. The second-order valence-electron chi connectivity index (χ2n) is 4.16. The Morgan fingerprint density at radius 3 is 2.68 bits per heavy atom. The van der Waals surface area contributed by atoms with E-state index in [-0.39, 0.29) is 12.3 Å². The summed E-state index contributed by atoms with van der Waals surface area (Å²) in [6, 6.07) is 9.11. The molecule has 0 aliphatic rings. The van der Waals surface area contributed by atoms with E-state index in [1.54, 1.807) is 12.1 Å². The van der Waals surface area contributed by atoms with Crippen molar-refractivity contribution in [1.82, 2.24) is 5.32 Å². The summed E-state index contributed by atoms with van der Waals surface area (Å²) in [5.41, 5.74) is 6.29. The van der Waals surface area contributed by atoms with E-state index in [2.05, 4.69) is 5.32 Å². The molecule has 3 N–H and O–H groups in total. The fourth-order valence-electron chi connectivity index (χ4n) is 1.52. The van der Waals surface area contributed by atoms with Gasteiger partial charge in [0.05, 0.1) is 12.7 Å². The van der Waals surface area contributed by atoms with Gasteiger partial charge in [-0.15, -0.1) is 0 Å². The van der Waals surface area contributed by atoms with Crippen molar-refractivity contribution in [3.8, 4) is 11.8 Å². The molecule has 0 heterocycles. The van der Waals surface area contributed by atoms with Crippen molar-refractivity contribution >= 4 is 11.6 Å². The number of amides is 1. The van der Waals surface area contributed by atoms with Gasteiger partial charge in [-0.3, -0.25) is 4.79 Å². The van der Waals surface area contributed by atoms with Crippen molar-refractivity contribution in [3.05, 3.63) is 24.3 Å². The zero-order valence-electron chi connectivity index (χ0n) is 10.9. The fraction of sp³-hybridized carbons (Fsp3) is 0.429. The number of unbranched alkanes of at least 4 members (excludes halogenated alkanes) is 2. The Morgan fingerprint density at radius 2 is 2.00 bits per heavy atom. The minimum absolute atomic E-state index is 0.0692. The largest absolute Gasteiger partial charge is 0.494 e. The first kappa shape index (κ1) is 14.8. The van der Waals surface area contributed by atoms with E-state index in [9.17, 15) is 4.79 Å². The molecule has 0 aromatic heterocycles. The zero-order chi connectivity index (χ0) is 13.9. The number of carbonyl (C=O) groups excluding carboxylic acids is 1. The molecule has 0 aliphatic carbocycles. The van der Waals surface area contributed by atoms with Crippen LogP contribution >= 0.6 is 0 Å². The molecule has 5 nitrogen and oxygen atoms in total. The number of carbonyl (C=O) groups is 1. The van der Waals surface area contributed by atoms with E-state index in [0.29, 0.717) is 13.2 Å². The summed E-state index contributed by atoms with van der Waals surface area (Å²) in [5.74, 6) is 0.608. The second kappa shape index (κ2) is 8.81. The van der Waals surface area contributed by atoms with Crippen molar-refractivity contribution in [2.24, 2.45) is 0 Å². The minimum atomic E-state index is -0.208. The van der Waals surface area contributed by atoms with Crippen LogP contribution < -0.4 is 15.8 Å². The molecule has 1 aromatic carbocycles. The van der Waals surface area contributed by atoms with Crippen molar-refractivity contribution in [2.75, 3.05) is 18.9 Å². The maximum absolute atomic E-state index is 11.0. The average molecular weight is 261 g/mol. The molecular formula is C14H19N3O2. The first-order chi connectivity index (χ1) is 9.22. The Bertz CT molecular complexity index is 423. The molecule has 5 heteroatoms. The van der Waals surface area contributed by atoms with Crippen LogP contribution in [0.3, 0.4) is 0 Å². The van der Waals surface area contributed by atoms with Crippen LogP contribution in [0.2, 0.25) is 0 Å². The van der Waals surface area contributed by atoms with Crippen LogP contribution in [0.15, 0.2) is 24.3 Å². The molecule has 0 bridgehead atoms. The monoisotopic (exact) mass is 261 g/mol. The number of nitrogen functional groups attached to an aromatic ring is 1. The lowest BCUT2D eigenvalue weighted by Crippen LogP contribution is -2.23. The predicted molar refractivity (Wildman–Crippen MR) is 73.4 cm³/mol. The zero-order valence-corrected chi connectivity index (χ0v) is 10.9. The van der Waals surface area contributed by atoms with E-state index >= 15 is 0 Å². The van der Waals surface area contributed by atoms with Crippen LogP contribution in [0.25, 0.3) is 0 Å². The normalized spacial score (nSPS) is 9.63. The average Bonchev–Trinajstić information content (AvgIpc) is 2.40. The number of anilines is 1. The molecule has 0 saturated carbocycles. The molecule has 0 atom stereocenters. The highest BCUT2D eigenvalue weighted by Gasteiger charge is 1.98. The van der Waals surface area contributed by atoms with Gasteiger partial charge in [-0.1, -0.05) is 0 Å². The maximum Gasteiger partial charge on any atom is 0.234 e. The lowest BCUT2D eigenvalue weighted by Gasteiger charge is -2.06. The van der Waals surface area contributed by atoms with Gasteiger partial charge in [-0.2, -0.15) is 5.26 Å². The Kier molecular flexibility index (Phi) is 6.88. The number of hydrogen-bond donors (Lipinski definition) is 2. The summed E-state index contributed by atoms with van der Waals surface area (Å²) in [5, 5.41) is 11.0. The molecular weight excluding hydrogens is 242 g/mol. The van der Waals surface area contributed by atoms with Crippen LogP contribution in [-0.4, -0.2) is 19.1 Å². The van der Waals surface area contributed by atoms with Gasteiger partial charge in [0, 0.05) is 12.2 Å². The number of ether oxygens (including phenoxy) is 1. The topological polar surface area (TPSA) is 88.1 Å². The molecule has 0 spiro atoms. The van der Waals surface area contributed by atoms with Gasteiger partial charge in [0.15, 0.2) is 0 Å². The van der Waals surface area contributed by atoms with Crippen LogP contribution in [0.4, 0.5) is 5.69 Å². The van der Waals surface area contributed by atoms with E-state index < -0.39 is 0 Å². The summed E-state index contributed by atoms with van der Waals surface area (Å²) in [7, 11) is 0. The van der Waals surface area contributed by atoms with Crippen LogP contribution in [-0.2, 0) is 4.79 Å². The number of hydrogen-bond acceptors (Lipinski definition) is 4. The number of benzene rings is 1. The Hall–Kier alpha value is -2.22. The van der Waals surface area contributed by atoms with Crippen molar-refractivity contribution < 1.29 is 9.53 Å². The SMILES string of the molecule is N#CCC(=O)NCCCCCOc1ccc(N)cc1. The summed E-state index contributed by atoms with van der Waals surface area (Å²) >= 11 is 0. The number of nitrogens with one attached hydrogen (secondary N) is 1. The summed E-state index contributed by atoms with van der Waals surface area (Å²) in [4.78, 5) is 11.0. The first-order valence-electron chi connectivity index (χ1n) is 6.34. The molecule has 1 rings (SSSR count). The quantitative estimate of drug-likeness (QED) is 0.552. The Labute approximate surface area is 113 Å². The third kappa shape index (κ3) is 6.94. The molecule has 0 saturated heterocycles. The Balaban J connectivity index is 1.98. The number of rotatable bonds is 8. The molecule has 0 unspecified atom stereocenters. The van der Waals surface area contributed by atoms with Crippen molar-refractivity contribution in [1.29, 1.82) is 5.26 Å². The third-order valence-corrected chi connectivity index (χ3v) is 2.53. The van der Waals surface area contributed by atoms with Gasteiger partial charge < -0.3 is 15.8 Å². The minimum Gasteiger partial charge on any atom is -0.494 e. The molecule has 102 valence electrons. The standard InChI is InChI=1S/C14H19N3O2/c15-9-8-14(18)17-10-2-1-3-11-19-13-6-4-12(16)5-7-13/h4-7H,1-3,8,10-11,16H2,(H,17,18). The summed E-state index contributed by atoms with van der Waals surface area (Å²) < 4.78 is 5.54. The van der Waals surface area contributed by atoms with Crippen LogP contribution in [0, 0.1) is 11.3 Å². The number of nitrogens with zero attached hydrogens (tertiary/aromatic N) is 1. The number of nitriles is 1. The van der Waals surface area contributed by atoms with Gasteiger partial charge in [0.2, 0.25) is 5.91 Å². The van der Waals surface area contributed by atoms with Crippen molar-refractivity contribution in [2.45, 2.75) is 25.7 Å². The van der Waals surface area contributed by atoms with Crippen LogP contribution in [0.1, 0.15) is 25.7 Å². The molecule has 1 aromatic rings. The highest BCUT2D eigenvalue weighted by molar-refractivity contribution is 5.77. The predicted octanol–water partition coefficient (Wildman–Crippen LogP) is 1.85. The highest BCUT2D eigenvalue weighted by Crippen LogP contribution is 2.13. The van der Waals surface area contributed by atoms with E-state index in [1.165, 1.54) is 0 Å². The lowest BCUT2D eigenvalue weighted by atomic mass is 10.2. The molecule has 0 radical (unpaired) electrons. The van der Waals surface area contributed by atoms with Gasteiger partial charge in [-0.05, 0) is 43.5 Å². The fourth-order valence-corrected chi connectivity index (χ4v) is 1.52. The smallest absolute Gasteiger partial charge is 0.234 e. The second-order valence-corrected chi connectivity index (χ2v) is 4.16. The van der Waals surface area contributed by atoms with Gasteiger partial charge in [-0.25, -0.2) is 0 Å². The van der Waals surface area contributed by atoms with Gasteiger partial charge >= 0.3 is 0 Å². The summed E-state index contributed by atoms with van der Waals surface area (Å²) in [6.45, 7) is 1.26. The summed E-state index contributed by atoms with van der Waals surface area (Å²) in [6.07, 6.45) is 2.73. The first-order valence-corrected chi connectivity index (χ1v) is 6.34. The molecule has 0 fully saturated rings. The van der Waals surface area contributed by atoms with E-state index in [1.807, 2.05) is 18.2 Å². The van der Waals surface area contributed by atoms with E-state index in [4.69, 9.17) is 15.7 Å². The molecule has 0 aliphatic heterocycles. The number of nitrogens with two attached hydrogens (primary N) is 1. The molecule has 1 amide bonds. The highest BCUT2D eigenvalue weighted by atomic mass is 16.5. The van der Waals surface area contributed by atoms with E-state index in [0.717, 1.165) is 30.7 Å². The lowest BCUT2D eigenvalue weighted by molar-refractivity contribution is -0.120. The third-order valence-electron chi connectivity index (χ3n) is 2.53. The van der Waals surface area contributed by atoms with Gasteiger partial charge in [0.25, 0.3) is 0 Å². The van der Waals surface area contributed by atoms with Crippen LogP contribution in [0.5, 0.6) is 5.75 Å². The Morgan fingerprint density at radius 1 is 1.26 bits per heavy atom. The van der Waals surface area contributed by atoms with Gasteiger partial charge in [0.1, 0.15) is 12.2 Å².